The third kappa shape index (κ3) is 5.38. The summed E-state index contributed by atoms with van der Waals surface area (Å²) in [7, 11) is 0. The normalized spacial score (nSPS) is 14.5. The van der Waals surface area contributed by atoms with Crippen LogP contribution in [0.4, 0.5) is 17.6 Å². The van der Waals surface area contributed by atoms with E-state index in [0.29, 0.717) is 50.6 Å². The third-order valence-electron chi connectivity index (χ3n) is 5.46. The summed E-state index contributed by atoms with van der Waals surface area (Å²) in [4.78, 5) is 14.7. The molecule has 0 fully saturated rings. The van der Waals surface area contributed by atoms with Crippen LogP contribution in [-0.4, -0.2) is 17.4 Å². The van der Waals surface area contributed by atoms with Gasteiger partial charge in [-0.3, -0.25) is 4.79 Å². The van der Waals surface area contributed by atoms with Crippen molar-refractivity contribution >= 4 is 5.91 Å². The monoisotopic (exact) mass is 433 g/mol. The van der Waals surface area contributed by atoms with Gasteiger partial charge in [0.25, 0.3) is 0 Å². The van der Waals surface area contributed by atoms with Crippen LogP contribution in [0.2, 0.25) is 0 Å². The van der Waals surface area contributed by atoms with Crippen molar-refractivity contribution in [1.29, 1.82) is 0 Å². The zero-order valence-electron chi connectivity index (χ0n) is 17.1. The lowest BCUT2D eigenvalue weighted by Crippen LogP contribution is -2.39. The Labute approximate surface area is 179 Å². The highest BCUT2D eigenvalue weighted by Gasteiger charge is 2.34. The van der Waals surface area contributed by atoms with Gasteiger partial charge >= 0.3 is 6.18 Å². The van der Waals surface area contributed by atoms with Gasteiger partial charge in [-0.1, -0.05) is 13.0 Å². The Bertz CT molecular complexity index is 994. The molecule has 0 aliphatic carbocycles. The summed E-state index contributed by atoms with van der Waals surface area (Å²) in [6.07, 6.45) is 3.17. The first-order chi connectivity index (χ1) is 14.7. The highest BCUT2D eigenvalue weighted by molar-refractivity contribution is 5.79. The molecule has 0 saturated heterocycles. The molecule has 0 spiro atoms. The lowest BCUT2D eigenvalue weighted by molar-refractivity contribution is -0.140. The summed E-state index contributed by atoms with van der Waals surface area (Å²) in [6.45, 7) is 2.99. The zero-order chi connectivity index (χ0) is 22.6. The quantitative estimate of drug-likeness (QED) is 0.416. The molecule has 1 amide bonds. The van der Waals surface area contributed by atoms with E-state index in [2.05, 4.69) is 5.92 Å². The molecular weight excluding hydrogens is 410 g/mol. The molecule has 1 aliphatic heterocycles. The summed E-state index contributed by atoms with van der Waals surface area (Å²) in [5, 5.41) is 0. The number of nitrogens with zero attached hydrogens (tertiary/aromatic N) is 1. The van der Waals surface area contributed by atoms with Crippen molar-refractivity contribution in [2.75, 3.05) is 6.54 Å². The molecule has 0 aromatic heterocycles. The smallest absolute Gasteiger partial charge is 0.419 e. The van der Waals surface area contributed by atoms with Crippen LogP contribution < -0.4 is 4.74 Å². The number of terminal acetylenes is 1. The molecule has 0 saturated carbocycles. The molecule has 164 valence electrons. The summed E-state index contributed by atoms with van der Waals surface area (Å²) < 4.78 is 57.6. The van der Waals surface area contributed by atoms with Gasteiger partial charge in [0.1, 0.15) is 17.3 Å². The number of amides is 1. The first-order valence-corrected chi connectivity index (χ1v) is 10.1. The van der Waals surface area contributed by atoms with Gasteiger partial charge < -0.3 is 9.64 Å². The number of fused-ring (bicyclic) bond motifs is 1. The first kappa shape index (κ1) is 22.7. The van der Waals surface area contributed by atoms with Crippen LogP contribution in [0.25, 0.3) is 0 Å². The Balaban J connectivity index is 1.74. The van der Waals surface area contributed by atoms with Crippen LogP contribution in [-0.2, 0) is 23.9 Å². The molecule has 1 aliphatic rings. The molecule has 7 heteroatoms. The predicted octanol–water partition coefficient (Wildman–Crippen LogP) is 5.96. The van der Waals surface area contributed by atoms with Gasteiger partial charge in [0, 0.05) is 31.5 Å². The lowest BCUT2D eigenvalue weighted by atomic mass is 9.95. The minimum absolute atomic E-state index is 0.0328. The van der Waals surface area contributed by atoms with E-state index in [0.717, 1.165) is 23.3 Å². The molecule has 31 heavy (non-hydrogen) atoms. The number of rotatable bonds is 6. The minimum Gasteiger partial charge on any atom is -0.457 e. The second kappa shape index (κ2) is 9.42. The maximum Gasteiger partial charge on any atom is 0.419 e. The number of carbonyl (C=O) groups is 1. The second-order valence-electron chi connectivity index (χ2n) is 7.53. The minimum atomic E-state index is -4.76. The van der Waals surface area contributed by atoms with Crippen LogP contribution in [0.15, 0.2) is 36.4 Å². The molecule has 0 radical (unpaired) electrons. The van der Waals surface area contributed by atoms with Gasteiger partial charge in [-0.15, -0.1) is 12.3 Å². The van der Waals surface area contributed by atoms with E-state index >= 15 is 0 Å². The topological polar surface area (TPSA) is 29.5 Å². The van der Waals surface area contributed by atoms with E-state index < -0.39 is 17.6 Å². The maximum atomic E-state index is 13.8. The molecular formula is C24H23F4NO2. The lowest BCUT2D eigenvalue weighted by Gasteiger charge is -2.32. The standard InChI is InChI=1S/C24H23F4NO2/c1-3-5-6-16(4-2)23(30)29-12-11-17-7-8-19(13-18(17)15-29)31-20-9-10-21(22(25)14-20)24(26,27)28/h1,7-10,13-14,16H,4-6,11-12,15H2,2H3. The van der Waals surface area contributed by atoms with Gasteiger partial charge in [0.05, 0.1) is 5.56 Å². The van der Waals surface area contributed by atoms with Crippen molar-refractivity contribution in [3.8, 4) is 23.8 Å². The molecule has 0 bridgehead atoms. The van der Waals surface area contributed by atoms with E-state index in [4.69, 9.17) is 11.2 Å². The van der Waals surface area contributed by atoms with E-state index in [1.807, 2.05) is 13.0 Å². The van der Waals surface area contributed by atoms with Crippen LogP contribution in [0.5, 0.6) is 11.5 Å². The van der Waals surface area contributed by atoms with Gasteiger partial charge in [-0.05, 0) is 54.7 Å². The number of halogens is 4. The Kier molecular flexibility index (Phi) is 6.89. The van der Waals surface area contributed by atoms with Crippen molar-refractivity contribution in [2.45, 2.75) is 45.3 Å². The average Bonchev–Trinajstić information content (AvgIpc) is 2.72. The summed E-state index contributed by atoms with van der Waals surface area (Å²) >= 11 is 0. The fourth-order valence-corrected chi connectivity index (χ4v) is 3.73. The van der Waals surface area contributed by atoms with E-state index in [9.17, 15) is 22.4 Å². The molecule has 0 N–H and O–H groups in total. The Morgan fingerprint density at radius 2 is 1.90 bits per heavy atom. The van der Waals surface area contributed by atoms with Crippen molar-refractivity contribution in [3.63, 3.8) is 0 Å². The highest BCUT2D eigenvalue weighted by atomic mass is 19.4. The van der Waals surface area contributed by atoms with Crippen molar-refractivity contribution in [1.82, 2.24) is 4.90 Å². The van der Waals surface area contributed by atoms with Crippen LogP contribution in [0.1, 0.15) is 42.9 Å². The Hall–Kier alpha value is -3.01. The molecule has 1 unspecified atom stereocenters. The van der Waals surface area contributed by atoms with Gasteiger partial charge in [-0.25, -0.2) is 4.39 Å². The number of ether oxygens (including phenoxy) is 1. The number of hydrogen-bond donors (Lipinski definition) is 0. The summed E-state index contributed by atoms with van der Waals surface area (Å²) in [6, 6.07) is 7.75. The van der Waals surface area contributed by atoms with E-state index in [1.54, 1.807) is 17.0 Å². The zero-order valence-corrected chi connectivity index (χ0v) is 17.1. The van der Waals surface area contributed by atoms with Gasteiger partial charge in [0.15, 0.2) is 0 Å². The van der Waals surface area contributed by atoms with Crippen LogP contribution >= 0.6 is 0 Å². The van der Waals surface area contributed by atoms with Crippen molar-refractivity contribution in [2.24, 2.45) is 5.92 Å². The Morgan fingerprint density at radius 3 is 2.55 bits per heavy atom. The average molecular weight is 433 g/mol. The Morgan fingerprint density at radius 1 is 1.19 bits per heavy atom. The van der Waals surface area contributed by atoms with Crippen molar-refractivity contribution < 1.29 is 27.1 Å². The molecule has 2 aromatic carbocycles. The molecule has 1 heterocycles. The number of carbonyl (C=O) groups excluding carboxylic acids is 1. The SMILES string of the molecule is C#CCCC(CC)C(=O)N1CCc2ccc(Oc3ccc(C(F)(F)F)c(F)c3)cc2C1. The molecule has 1 atom stereocenters. The third-order valence-corrected chi connectivity index (χ3v) is 5.46. The molecule has 3 nitrogen and oxygen atoms in total. The first-order valence-electron chi connectivity index (χ1n) is 10.1. The number of benzene rings is 2. The highest BCUT2D eigenvalue weighted by Crippen LogP contribution is 2.34. The number of alkyl halides is 3. The van der Waals surface area contributed by atoms with E-state index in [1.165, 1.54) is 0 Å². The fraction of sp³-hybridized carbons (Fsp3) is 0.375. The van der Waals surface area contributed by atoms with Gasteiger partial charge in [0.2, 0.25) is 5.91 Å². The largest absolute Gasteiger partial charge is 0.457 e. The van der Waals surface area contributed by atoms with Crippen molar-refractivity contribution in [3.05, 3.63) is 58.9 Å². The molecule has 3 rings (SSSR count). The summed E-state index contributed by atoms with van der Waals surface area (Å²) in [5.41, 5.74) is 0.637. The second-order valence-corrected chi connectivity index (χ2v) is 7.53. The van der Waals surface area contributed by atoms with Crippen LogP contribution in [0.3, 0.4) is 0 Å². The fourth-order valence-electron chi connectivity index (χ4n) is 3.73. The molecule has 2 aromatic rings. The van der Waals surface area contributed by atoms with Crippen LogP contribution in [0, 0.1) is 24.1 Å². The maximum absolute atomic E-state index is 13.8. The van der Waals surface area contributed by atoms with E-state index in [-0.39, 0.29) is 17.6 Å². The number of hydrogen-bond acceptors (Lipinski definition) is 2. The summed E-state index contributed by atoms with van der Waals surface area (Å²) in [5.74, 6) is 1.47. The van der Waals surface area contributed by atoms with Gasteiger partial charge in [-0.2, -0.15) is 13.2 Å². The predicted molar refractivity (Wildman–Crippen MR) is 109 cm³/mol.